The number of fused-ring (bicyclic) bond motifs is 1. The summed E-state index contributed by atoms with van der Waals surface area (Å²) >= 11 is 1.45. The van der Waals surface area contributed by atoms with E-state index >= 15 is 0 Å². The van der Waals surface area contributed by atoms with Crippen molar-refractivity contribution in [2.75, 3.05) is 5.32 Å². The minimum absolute atomic E-state index is 0.0753. The Hall–Kier alpha value is -2.99. The first kappa shape index (κ1) is 16.5. The number of aromatic nitrogens is 1. The maximum absolute atomic E-state index is 13.4. The summed E-state index contributed by atoms with van der Waals surface area (Å²) in [4.78, 5) is 29.9. The molecule has 0 saturated heterocycles. The molecule has 2 heterocycles. The zero-order valence-corrected chi connectivity index (χ0v) is 14.8. The third-order valence-electron chi connectivity index (χ3n) is 4.37. The molecule has 1 aliphatic rings. The minimum Gasteiger partial charge on any atom is -0.426 e. The Bertz CT molecular complexity index is 954. The van der Waals surface area contributed by atoms with E-state index in [-0.39, 0.29) is 17.6 Å². The molecule has 0 bridgehead atoms. The molecular formula is C20H16N2O3S. The molecule has 0 aliphatic carbocycles. The fourth-order valence-electron chi connectivity index (χ4n) is 3.31. The molecule has 0 amide bonds. The Morgan fingerprint density at radius 3 is 2.65 bits per heavy atom. The second kappa shape index (κ2) is 6.72. The number of benzene rings is 2. The van der Waals surface area contributed by atoms with Crippen LogP contribution >= 0.6 is 11.3 Å². The molecule has 5 nitrogen and oxygen atoms in total. The van der Waals surface area contributed by atoms with Gasteiger partial charge in [0.25, 0.3) is 0 Å². The van der Waals surface area contributed by atoms with Gasteiger partial charge in [0.15, 0.2) is 5.78 Å². The topological polar surface area (TPSA) is 68.3 Å². The van der Waals surface area contributed by atoms with Crippen LogP contribution in [0.3, 0.4) is 0 Å². The van der Waals surface area contributed by atoms with Crippen molar-refractivity contribution in [3.8, 4) is 5.75 Å². The summed E-state index contributed by atoms with van der Waals surface area (Å²) < 4.78 is 5.28. The first-order chi connectivity index (χ1) is 12.6. The lowest BCUT2D eigenvalue weighted by Gasteiger charge is -2.34. The van der Waals surface area contributed by atoms with Crippen molar-refractivity contribution in [3.63, 3.8) is 0 Å². The molecule has 6 heteroatoms. The molecule has 2 atom stereocenters. The summed E-state index contributed by atoms with van der Waals surface area (Å²) in [7, 11) is 0. The minimum atomic E-state index is -0.453. The third kappa shape index (κ3) is 2.88. The highest BCUT2D eigenvalue weighted by Gasteiger charge is 2.40. The van der Waals surface area contributed by atoms with Crippen LogP contribution in [0.5, 0.6) is 5.75 Å². The SMILES string of the molecule is CC(=O)Oc1cccc2c1C(=O)C(c1cncs1)C(c1ccccc1)N2. The van der Waals surface area contributed by atoms with Gasteiger partial charge in [-0.3, -0.25) is 14.6 Å². The molecule has 3 aromatic rings. The zero-order valence-electron chi connectivity index (χ0n) is 14.0. The van der Waals surface area contributed by atoms with Crippen LogP contribution in [-0.2, 0) is 4.79 Å². The number of nitrogens with zero attached hydrogens (tertiary/aromatic N) is 1. The first-order valence-electron chi connectivity index (χ1n) is 8.20. The maximum atomic E-state index is 13.4. The lowest BCUT2D eigenvalue weighted by molar-refractivity contribution is -0.131. The zero-order chi connectivity index (χ0) is 18.1. The van der Waals surface area contributed by atoms with E-state index in [1.54, 1.807) is 23.8 Å². The fraction of sp³-hybridized carbons (Fsp3) is 0.150. The number of nitrogens with one attached hydrogen (secondary N) is 1. The normalized spacial score (nSPS) is 18.7. The number of esters is 1. The average Bonchev–Trinajstić information content (AvgIpc) is 3.16. The van der Waals surface area contributed by atoms with Crippen LogP contribution in [0.25, 0.3) is 0 Å². The largest absolute Gasteiger partial charge is 0.426 e. The number of hydrogen-bond donors (Lipinski definition) is 1. The summed E-state index contributed by atoms with van der Waals surface area (Å²) in [5.41, 5.74) is 3.82. The monoisotopic (exact) mass is 364 g/mol. The van der Waals surface area contributed by atoms with Crippen LogP contribution in [0.1, 0.15) is 39.7 Å². The molecule has 0 radical (unpaired) electrons. The Morgan fingerprint density at radius 1 is 1.15 bits per heavy atom. The van der Waals surface area contributed by atoms with Crippen LogP contribution in [0.4, 0.5) is 5.69 Å². The lowest BCUT2D eigenvalue weighted by atomic mass is 9.81. The van der Waals surface area contributed by atoms with Crippen molar-refractivity contribution in [2.24, 2.45) is 0 Å². The van der Waals surface area contributed by atoms with E-state index in [4.69, 9.17) is 4.74 Å². The molecule has 1 N–H and O–H groups in total. The summed E-state index contributed by atoms with van der Waals surface area (Å²) in [5.74, 6) is -0.679. The van der Waals surface area contributed by atoms with E-state index < -0.39 is 11.9 Å². The number of ketones is 1. The number of ether oxygens (including phenoxy) is 1. The van der Waals surface area contributed by atoms with Crippen LogP contribution in [0.15, 0.2) is 60.2 Å². The summed E-state index contributed by atoms with van der Waals surface area (Å²) in [6, 6.07) is 14.9. The lowest BCUT2D eigenvalue weighted by Crippen LogP contribution is -2.32. The van der Waals surface area contributed by atoms with Gasteiger partial charge < -0.3 is 10.1 Å². The average molecular weight is 364 g/mol. The standard InChI is InChI=1S/C20H16N2O3S/c1-12(23)25-15-9-5-8-14-17(15)20(24)18(16-10-21-11-26-16)19(22-14)13-6-3-2-4-7-13/h2-11,18-19,22H,1H3. The van der Waals surface area contributed by atoms with E-state index in [2.05, 4.69) is 10.3 Å². The number of Topliss-reactive ketones (excluding diaryl/α,β-unsaturated/α-hetero) is 1. The highest BCUT2D eigenvalue weighted by molar-refractivity contribution is 7.09. The smallest absolute Gasteiger partial charge is 0.308 e. The molecule has 1 aromatic heterocycles. The third-order valence-corrected chi connectivity index (χ3v) is 5.23. The van der Waals surface area contributed by atoms with E-state index in [1.807, 2.05) is 36.4 Å². The van der Waals surface area contributed by atoms with Gasteiger partial charge in [-0.1, -0.05) is 36.4 Å². The number of hydrogen-bond acceptors (Lipinski definition) is 6. The van der Waals surface area contributed by atoms with Gasteiger partial charge in [0.2, 0.25) is 0 Å². The van der Waals surface area contributed by atoms with Gasteiger partial charge in [-0.15, -0.1) is 11.3 Å². The molecule has 2 unspecified atom stereocenters. The molecule has 0 fully saturated rings. The Balaban J connectivity index is 1.86. The van der Waals surface area contributed by atoms with E-state index in [1.165, 1.54) is 18.3 Å². The molecule has 0 spiro atoms. The molecule has 2 aromatic carbocycles. The van der Waals surface area contributed by atoms with E-state index in [0.29, 0.717) is 11.3 Å². The van der Waals surface area contributed by atoms with Gasteiger partial charge in [0, 0.05) is 23.7 Å². The van der Waals surface area contributed by atoms with Gasteiger partial charge in [-0.25, -0.2) is 0 Å². The van der Waals surface area contributed by atoms with Gasteiger partial charge in [0.1, 0.15) is 5.75 Å². The van der Waals surface area contributed by atoms with Crippen LogP contribution in [0, 0.1) is 0 Å². The van der Waals surface area contributed by atoms with E-state index in [9.17, 15) is 9.59 Å². The van der Waals surface area contributed by atoms with Crippen molar-refractivity contribution < 1.29 is 14.3 Å². The summed E-state index contributed by atoms with van der Waals surface area (Å²) in [6.45, 7) is 1.33. The number of rotatable bonds is 3. The Labute approximate surface area is 154 Å². The van der Waals surface area contributed by atoms with Gasteiger partial charge in [-0.05, 0) is 17.7 Å². The number of carbonyl (C=O) groups is 2. The highest BCUT2D eigenvalue weighted by Crippen LogP contribution is 2.45. The Kier molecular flexibility index (Phi) is 4.26. The molecule has 0 saturated carbocycles. The fourth-order valence-corrected chi connectivity index (χ4v) is 4.07. The first-order valence-corrected chi connectivity index (χ1v) is 9.08. The predicted octanol–water partition coefficient (Wildman–Crippen LogP) is 4.20. The molecule has 130 valence electrons. The van der Waals surface area contributed by atoms with Crippen molar-refractivity contribution in [1.29, 1.82) is 0 Å². The van der Waals surface area contributed by atoms with Crippen LogP contribution in [-0.4, -0.2) is 16.7 Å². The van der Waals surface area contributed by atoms with Crippen molar-refractivity contribution in [1.82, 2.24) is 4.98 Å². The van der Waals surface area contributed by atoms with Gasteiger partial charge in [-0.2, -0.15) is 0 Å². The Morgan fingerprint density at radius 2 is 1.96 bits per heavy atom. The summed E-state index contributed by atoms with van der Waals surface area (Å²) in [6.07, 6.45) is 1.73. The predicted molar refractivity (Wildman–Crippen MR) is 99.7 cm³/mol. The molecule has 26 heavy (non-hydrogen) atoms. The summed E-state index contributed by atoms with van der Waals surface area (Å²) in [5, 5.41) is 3.46. The van der Waals surface area contributed by atoms with Crippen LogP contribution in [0.2, 0.25) is 0 Å². The highest BCUT2D eigenvalue weighted by atomic mass is 32.1. The van der Waals surface area contributed by atoms with Crippen molar-refractivity contribution >= 4 is 28.8 Å². The number of thiazole rings is 1. The number of carbonyl (C=O) groups excluding carboxylic acids is 2. The number of anilines is 1. The quantitative estimate of drug-likeness (QED) is 0.557. The molecular weight excluding hydrogens is 348 g/mol. The van der Waals surface area contributed by atoms with Crippen molar-refractivity contribution in [2.45, 2.75) is 18.9 Å². The van der Waals surface area contributed by atoms with Gasteiger partial charge >= 0.3 is 5.97 Å². The van der Waals surface area contributed by atoms with E-state index in [0.717, 1.165) is 10.4 Å². The maximum Gasteiger partial charge on any atom is 0.308 e. The van der Waals surface area contributed by atoms with Gasteiger partial charge in [0.05, 0.1) is 23.0 Å². The molecule has 4 rings (SSSR count). The second-order valence-electron chi connectivity index (χ2n) is 6.05. The van der Waals surface area contributed by atoms with Crippen molar-refractivity contribution in [3.05, 3.63) is 76.2 Å². The van der Waals surface area contributed by atoms with Crippen LogP contribution < -0.4 is 10.1 Å². The second-order valence-corrected chi connectivity index (χ2v) is 6.97. The molecule has 1 aliphatic heterocycles.